The Labute approximate surface area is 213 Å². The van der Waals surface area contributed by atoms with Gasteiger partial charge in [0.15, 0.2) is 0 Å². The molecule has 1 amide bonds. The summed E-state index contributed by atoms with van der Waals surface area (Å²) < 4.78 is 5.66. The Morgan fingerprint density at radius 3 is 2.86 bits per heavy atom. The summed E-state index contributed by atoms with van der Waals surface area (Å²) in [4.78, 5) is 23.0. The fourth-order valence-corrected chi connectivity index (χ4v) is 5.44. The Balaban J connectivity index is 1.25. The van der Waals surface area contributed by atoms with Crippen LogP contribution in [-0.4, -0.2) is 78.5 Å². The van der Waals surface area contributed by atoms with Gasteiger partial charge >= 0.3 is 0 Å². The van der Waals surface area contributed by atoms with Gasteiger partial charge in [-0.05, 0) is 42.5 Å². The molecular formula is C28H25N5O2S. The molecule has 0 atom stereocenters. The minimum Gasteiger partial charge on any atom is -0.481 e. The third-order valence-electron chi connectivity index (χ3n) is 6.63. The molecule has 36 heavy (non-hydrogen) atoms. The van der Waals surface area contributed by atoms with Gasteiger partial charge in [0.25, 0.3) is 5.91 Å². The Morgan fingerprint density at radius 2 is 2.03 bits per heavy atom. The largest absolute Gasteiger partial charge is 0.481 e. The number of aromatic amines is 1. The highest BCUT2D eigenvalue weighted by Gasteiger charge is 2.29. The minimum absolute atomic E-state index is 0.0563. The molecule has 6 rings (SSSR count). The predicted octanol–water partition coefficient (Wildman–Crippen LogP) is 1.67. The smallest absolute Gasteiger partial charge is 0.256 e. The molecule has 7 nitrogen and oxygen atoms in total. The first kappa shape index (κ1) is 22.5. The Morgan fingerprint density at radius 1 is 1.19 bits per heavy atom. The molecule has 180 valence electrons. The molecule has 0 spiro atoms. The van der Waals surface area contributed by atoms with E-state index in [-0.39, 0.29) is 5.91 Å². The third kappa shape index (κ3) is 4.28. The van der Waals surface area contributed by atoms with E-state index in [0.29, 0.717) is 18.7 Å². The zero-order valence-electron chi connectivity index (χ0n) is 20.0. The van der Waals surface area contributed by atoms with Gasteiger partial charge in [-0.15, -0.1) is 11.3 Å². The maximum atomic E-state index is 13.3. The number of aromatic nitrogens is 2. The van der Waals surface area contributed by atoms with Crippen LogP contribution in [0.5, 0.6) is 5.75 Å². The number of carbonyl (C=O) groups is 1. The van der Waals surface area contributed by atoms with Crippen LogP contribution in [0.2, 0.25) is 0 Å². The van der Waals surface area contributed by atoms with Crippen molar-refractivity contribution in [1.82, 2.24) is 20.0 Å². The second-order valence-electron chi connectivity index (χ2n) is 8.98. The van der Waals surface area contributed by atoms with Gasteiger partial charge in [0.05, 0.1) is 22.3 Å². The predicted molar refractivity (Wildman–Crippen MR) is 142 cm³/mol. The number of hydrogen-bond acceptors (Lipinski definition) is 6. The van der Waals surface area contributed by atoms with Crippen LogP contribution >= 0.6 is 11.3 Å². The van der Waals surface area contributed by atoms with Crippen molar-refractivity contribution in [2.75, 3.05) is 46.4 Å². The fraction of sp³-hybridized carbons (Fsp3) is 0.250. The van der Waals surface area contributed by atoms with E-state index in [9.17, 15) is 4.79 Å². The minimum atomic E-state index is 0.0563. The molecule has 4 heterocycles. The molecule has 0 bridgehead atoms. The van der Waals surface area contributed by atoms with Crippen LogP contribution < -0.4 is 15.3 Å². The van der Waals surface area contributed by atoms with Crippen LogP contribution in [0.3, 0.4) is 0 Å². The van der Waals surface area contributed by atoms with Crippen molar-refractivity contribution in [3.63, 3.8) is 0 Å². The highest BCUT2D eigenvalue weighted by Crippen LogP contribution is 2.27. The summed E-state index contributed by atoms with van der Waals surface area (Å²) >= 11 is 1.58. The van der Waals surface area contributed by atoms with Gasteiger partial charge in [-0.2, -0.15) is 5.10 Å². The van der Waals surface area contributed by atoms with Gasteiger partial charge in [-0.25, -0.2) is 0 Å². The van der Waals surface area contributed by atoms with E-state index in [0.717, 1.165) is 69.8 Å². The maximum Gasteiger partial charge on any atom is 0.256 e. The number of likely N-dealkylation sites (N-methyl/N-ethyl adjacent to an activating group) is 1. The lowest BCUT2D eigenvalue weighted by Gasteiger charge is -2.33. The Bertz CT molecular complexity index is 1560. The first-order valence-corrected chi connectivity index (χ1v) is 12.8. The normalized spacial score (nSPS) is 16.8. The number of carbonyl (C=O) groups excluding carboxylic acids is 1. The highest BCUT2D eigenvalue weighted by atomic mass is 32.1. The highest BCUT2D eigenvalue weighted by molar-refractivity contribution is 7.11. The van der Waals surface area contributed by atoms with Crippen LogP contribution in [-0.2, 0) is 4.79 Å². The van der Waals surface area contributed by atoms with Gasteiger partial charge in [0.2, 0.25) is 0 Å². The number of ether oxygens (including phenoxy) is 1. The molecular weight excluding hydrogens is 470 g/mol. The van der Waals surface area contributed by atoms with E-state index in [4.69, 9.17) is 4.74 Å². The summed E-state index contributed by atoms with van der Waals surface area (Å²) in [5.74, 6) is 7.14. The number of thiophene rings is 1. The van der Waals surface area contributed by atoms with E-state index in [2.05, 4.69) is 50.4 Å². The molecule has 1 saturated heterocycles. The van der Waals surface area contributed by atoms with Gasteiger partial charge in [0.1, 0.15) is 18.1 Å². The molecule has 2 aliphatic heterocycles. The second-order valence-corrected chi connectivity index (χ2v) is 9.89. The summed E-state index contributed by atoms with van der Waals surface area (Å²) in [7, 11) is 2.09. The fourth-order valence-electron chi connectivity index (χ4n) is 4.68. The Hall–Kier alpha value is -3.93. The van der Waals surface area contributed by atoms with Gasteiger partial charge in [-0.1, -0.05) is 30.0 Å². The maximum absolute atomic E-state index is 13.3. The number of nitrogens with one attached hydrogen (secondary N) is 1. The molecule has 8 heteroatoms. The number of amides is 1. The SMILES string of the molecule is CN1CCN(C(=O)C2=C3C=c4[nH]nc(-c5csc(C#CCOc6ccccc6)c5)c4=C3CN=C2)CC1. The van der Waals surface area contributed by atoms with Crippen molar-refractivity contribution in [2.24, 2.45) is 4.99 Å². The first-order valence-electron chi connectivity index (χ1n) is 11.9. The average Bonchev–Trinajstić information content (AvgIpc) is 3.63. The number of benzene rings is 1. The molecule has 1 aromatic carbocycles. The third-order valence-corrected chi connectivity index (χ3v) is 7.48. The monoisotopic (exact) mass is 495 g/mol. The summed E-state index contributed by atoms with van der Waals surface area (Å²) in [5, 5.41) is 11.8. The number of aliphatic imine (C=N–C) groups is 1. The second kappa shape index (κ2) is 9.61. The average molecular weight is 496 g/mol. The number of para-hydroxylation sites is 1. The first-order chi connectivity index (χ1) is 17.7. The molecule has 0 radical (unpaired) electrons. The van der Waals surface area contributed by atoms with Crippen molar-refractivity contribution in [3.8, 4) is 28.8 Å². The molecule has 0 saturated carbocycles. The van der Waals surface area contributed by atoms with Crippen LogP contribution in [0.15, 0.2) is 57.9 Å². The number of nitrogens with zero attached hydrogens (tertiary/aromatic N) is 4. The number of hydrogen-bond donors (Lipinski definition) is 1. The number of H-pyrrole nitrogens is 1. The summed E-state index contributed by atoms with van der Waals surface area (Å²) in [6.45, 7) is 4.13. The number of piperazine rings is 1. The van der Waals surface area contributed by atoms with E-state index in [1.165, 1.54) is 0 Å². The molecule has 0 unspecified atom stereocenters. The lowest BCUT2D eigenvalue weighted by Crippen LogP contribution is -2.48. The van der Waals surface area contributed by atoms with E-state index < -0.39 is 0 Å². The molecule has 2 aromatic heterocycles. The molecule has 3 aromatic rings. The van der Waals surface area contributed by atoms with Gasteiger partial charge in [0, 0.05) is 48.6 Å². The number of rotatable bonds is 4. The summed E-state index contributed by atoms with van der Waals surface area (Å²) in [6.07, 6.45) is 3.79. The van der Waals surface area contributed by atoms with E-state index in [1.807, 2.05) is 41.3 Å². The van der Waals surface area contributed by atoms with Gasteiger partial charge in [-0.3, -0.25) is 14.9 Å². The van der Waals surface area contributed by atoms with Crippen molar-refractivity contribution in [2.45, 2.75) is 0 Å². The van der Waals surface area contributed by atoms with E-state index in [1.54, 1.807) is 17.6 Å². The zero-order chi connectivity index (χ0) is 24.5. The quantitative estimate of drug-likeness (QED) is 0.559. The molecule has 3 aliphatic rings. The lowest BCUT2D eigenvalue weighted by atomic mass is 9.98. The van der Waals surface area contributed by atoms with Crippen LogP contribution in [0.1, 0.15) is 4.88 Å². The van der Waals surface area contributed by atoms with Crippen molar-refractivity contribution >= 4 is 35.1 Å². The van der Waals surface area contributed by atoms with Gasteiger partial charge < -0.3 is 14.5 Å². The van der Waals surface area contributed by atoms with Crippen LogP contribution in [0, 0.1) is 11.8 Å². The van der Waals surface area contributed by atoms with Crippen molar-refractivity contribution in [3.05, 3.63) is 68.4 Å². The number of fused-ring (bicyclic) bond motifs is 2. The topological polar surface area (TPSA) is 73.8 Å². The zero-order valence-corrected chi connectivity index (χ0v) is 20.8. The lowest BCUT2D eigenvalue weighted by molar-refractivity contribution is -0.128. The van der Waals surface area contributed by atoms with Crippen molar-refractivity contribution in [1.29, 1.82) is 0 Å². The molecule has 1 aliphatic carbocycles. The van der Waals surface area contributed by atoms with Crippen LogP contribution in [0.25, 0.3) is 22.9 Å². The van der Waals surface area contributed by atoms with Crippen molar-refractivity contribution < 1.29 is 9.53 Å². The van der Waals surface area contributed by atoms with E-state index >= 15 is 0 Å². The standard InChI is InChI=1S/C28H25N5O2S/c1-32-9-11-33(12-10-32)28(34)24-17-29-16-23-22(24)15-25-26(23)27(31-30-25)19-14-21(36-18-19)8-5-13-35-20-6-3-2-4-7-20/h2-4,6-7,14-15,17-18,30H,9-13,16H2,1H3. The summed E-state index contributed by atoms with van der Waals surface area (Å²) in [6, 6.07) is 11.7. The number of dihydropyridines is 1. The Kier molecular flexibility index (Phi) is 6.01. The molecule has 1 N–H and O–H groups in total. The summed E-state index contributed by atoms with van der Waals surface area (Å²) in [5.41, 5.74) is 4.58. The molecule has 1 fully saturated rings. The van der Waals surface area contributed by atoms with Crippen LogP contribution in [0.4, 0.5) is 0 Å².